The van der Waals surface area contributed by atoms with Crippen LogP contribution in [0.25, 0.3) is 22.0 Å². The van der Waals surface area contributed by atoms with E-state index in [0.29, 0.717) is 11.5 Å². The van der Waals surface area contributed by atoms with E-state index in [9.17, 15) is 4.79 Å². The molecule has 5 rings (SSSR count). The van der Waals surface area contributed by atoms with Gasteiger partial charge in [-0.3, -0.25) is 9.48 Å². The first-order valence-electron chi connectivity index (χ1n) is 10.6. The van der Waals surface area contributed by atoms with Gasteiger partial charge in [0.1, 0.15) is 23.7 Å². The fourth-order valence-electron chi connectivity index (χ4n) is 3.84. The minimum Gasteiger partial charge on any atom is -0.354 e. The number of hydrogen-bond acceptors (Lipinski definition) is 8. The minimum absolute atomic E-state index is 0.0895. The maximum absolute atomic E-state index is 12.9. The number of ketones is 1. The third kappa shape index (κ3) is 4.19. The molecular formula is C23H24N8O. The summed E-state index contributed by atoms with van der Waals surface area (Å²) in [4.78, 5) is 35.0. The molecule has 0 saturated carbocycles. The van der Waals surface area contributed by atoms with E-state index in [0.717, 1.165) is 54.0 Å². The molecular weight excluding hydrogens is 404 g/mol. The van der Waals surface area contributed by atoms with E-state index in [1.54, 1.807) is 16.9 Å². The zero-order valence-electron chi connectivity index (χ0n) is 18.1. The van der Waals surface area contributed by atoms with Crippen molar-refractivity contribution in [2.45, 2.75) is 6.42 Å². The van der Waals surface area contributed by atoms with Crippen molar-refractivity contribution in [1.82, 2.24) is 34.6 Å². The summed E-state index contributed by atoms with van der Waals surface area (Å²) in [5, 5.41) is 5.15. The molecule has 162 valence electrons. The fraction of sp³-hybridized carbons (Fsp3) is 0.304. The summed E-state index contributed by atoms with van der Waals surface area (Å²) in [6, 6.07) is 7.78. The summed E-state index contributed by atoms with van der Waals surface area (Å²) in [5.74, 6) is 1.15. The number of aromatic nitrogens is 6. The number of nitrogens with zero attached hydrogens (tertiary/aromatic N) is 8. The van der Waals surface area contributed by atoms with Gasteiger partial charge in [-0.1, -0.05) is 12.1 Å². The molecule has 0 atom stereocenters. The zero-order valence-corrected chi connectivity index (χ0v) is 18.1. The molecule has 4 heterocycles. The summed E-state index contributed by atoms with van der Waals surface area (Å²) in [6.07, 6.45) is 7.09. The Bertz CT molecular complexity index is 1280. The van der Waals surface area contributed by atoms with E-state index in [2.05, 4.69) is 41.9 Å². The van der Waals surface area contributed by atoms with Gasteiger partial charge in [-0.2, -0.15) is 5.10 Å². The predicted octanol–water partition coefficient (Wildman–Crippen LogP) is 2.00. The number of benzene rings is 1. The van der Waals surface area contributed by atoms with E-state index < -0.39 is 0 Å². The van der Waals surface area contributed by atoms with Crippen molar-refractivity contribution in [2.24, 2.45) is 7.05 Å². The smallest absolute Gasteiger partial charge is 0.188 e. The molecule has 1 aromatic carbocycles. The molecule has 0 bridgehead atoms. The Morgan fingerprint density at radius 2 is 1.81 bits per heavy atom. The van der Waals surface area contributed by atoms with E-state index in [1.165, 1.54) is 6.33 Å². The second kappa shape index (κ2) is 8.43. The summed E-state index contributed by atoms with van der Waals surface area (Å²) >= 11 is 0. The van der Waals surface area contributed by atoms with Crippen molar-refractivity contribution in [3.05, 3.63) is 60.7 Å². The highest BCUT2D eigenvalue weighted by atomic mass is 16.1. The lowest BCUT2D eigenvalue weighted by Crippen LogP contribution is -2.44. The van der Waals surface area contributed by atoms with E-state index in [4.69, 9.17) is 0 Å². The third-order valence-electron chi connectivity index (χ3n) is 5.76. The van der Waals surface area contributed by atoms with Gasteiger partial charge in [0.05, 0.1) is 18.1 Å². The molecule has 1 saturated heterocycles. The topological polar surface area (TPSA) is 92.9 Å². The quantitative estimate of drug-likeness (QED) is 0.446. The van der Waals surface area contributed by atoms with E-state index in [1.807, 2.05) is 37.6 Å². The minimum atomic E-state index is -0.120. The molecule has 0 N–H and O–H groups in total. The maximum atomic E-state index is 12.9. The van der Waals surface area contributed by atoms with Gasteiger partial charge in [-0.25, -0.2) is 19.9 Å². The standard InChI is InChI=1S/C23H24N8O/c1-29-5-7-31(8-6-29)23-10-20(25-15-26-23)21(32)11-22-24-12-17-4-3-16(9-19(17)28-22)18-13-27-30(2)14-18/h3-4,9-10,12-15H,5-8,11H2,1-2H3. The first-order valence-corrected chi connectivity index (χ1v) is 10.6. The molecule has 0 aliphatic carbocycles. The number of fused-ring (bicyclic) bond motifs is 1. The molecule has 0 radical (unpaired) electrons. The average Bonchev–Trinajstić information content (AvgIpc) is 3.25. The molecule has 1 aliphatic rings. The number of rotatable bonds is 5. The molecule has 9 heteroatoms. The summed E-state index contributed by atoms with van der Waals surface area (Å²) in [5.41, 5.74) is 3.23. The van der Waals surface area contributed by atoms with Gasteiger partial charge in [0.15, 0.2) is 5.78 Å². The van der Waals surface area contributed by atoms with Crippen LogP contribution in [0.1, 0.15) is 16.3 Å². The Balaban J connectivity index is 1.36. The zero-order chi connectivity index (χ0) is 22.1. The Kier molecular flexibility index (Phi) is 5.32. The van der Waals surface area contributed by atoms with Crippen molar-refractivity contribution in [3.63, 3.8) is 0 Å². The third-order valence-corrected chi connectivity index (χ3v) is 5.76. The first kappa shape index (κ1) is 20.2. The molecule has 3 aromatic heterocycles. The van der Waals surface area contributed by atoms with Crippen LogP contribution in [-0.4, -0.2) is 73.6 Å². The Morgan fingerprint density at radius 1 is 0.969 bits per heavy atom. The largest absolute Gasteiger partial charge is 0.354 e. The van der Waals surface area contributed by atoms with Crippen molar-refractivity contribution in [2.75, 3.05) is 38.1 Å². The van der Waals surface area contributed by atoms with Crippen LogP contribution in [0, 0.1) is 0 Å². The van der Waals surface area contributed by atoms with Gasteiger partial charge in [0.25, 0.3) is 0 Å². The number of likely N-dealkylation sites (N-methyl/N-ethyl adjacent to an activating group) is 1. The molecule has 1 fully saturated rings. The lowest BCUT2D eigenvalue weighted by Gasteiger charge is -2.33. The second-order valence-electron chi connectivity index (χ2n) is 8.11. The Hall–Kier alpha value is -3.72. The molecule has 0 spiro atoms. The summed E-state index contributed by atoms with van der Waals surface area (Å²) in [7, 11) is 3.99. The van der Waals surface area contributed by atoms with Crippen LogP contribution in [0.4, 0.5) is 5.82 Å². The van der Waals surface area contributed by atoms with Gasteiger partial charge in [-0.05, 0) is 18.7 Å². The normalized spacial score (nSPS) is 14.8. The monoisotopic (exact) mass is 428 g/mol. The lowest BCUT2D eigenvalue weighted by molar-refractivity contribution is 0.0986. The van der Waals surface area contributed by atoms with Crippen molar-refractivity contribution < 1.29 is 4.79 Å². The fourth-order valence-corrected chi connectivity index (χ4v) is 3.84. The first-order chi connectivity index (χ1) is 15.5. The Morgan fingerprint density at radius 3 is 2.59 bits per heavy atom. The number of hydrogen-bond donors (Lipinski definition) is 0. The lowest BCUT2D eigenvalue weighted by atomic mass is 10.1. The van der Waals surface area contributed by atoms with Crippen molar-refractivity contribution in [1.29, 1.82) is 0 Å². The van der Waals surface area contributed by atoms with Crippen LogP contribution < -0.4 is 4.90 Å². The second-order valence-corrected chi connectivity index (χ2v) is 8.11. The van der Waals surface area contributed by atoms with E-state index in [-0.39, 0.29) is 12.2 Å². The van der Waals surface area contributed by atoms with Crippen molar-refractivity contribution >= 4 is 22.5 Å². The van der Waals surface area contributed by atoms with Gasteiger partial charge in [0.2, 0.25) is 0 Å². The van der Waals surface area contributed by atoms with Gasteiger partial charge < -0.3 is 9.80 Å². The van der Waals surface area contributed by atoms with Crippen LogP contribution in [0.5, 0.6) is 0 Å². The van der Waals surface area contributed by atoms with Gasteiger partial charge >= 0.3 is 0 Å². The number of aryl methyl sites for hydroxylation is 1. The summed E-state index contributed by atoms with van der Waals surface area (Å²) < 4.78 is 1.77. The highest BCUT2D eigenvalue weighted by molar-refractivity contribution is 5.96. The highest BCUT2D eigenvalue weighted by Gasteiger charge is 2.18. The van der Waals surface area contributed by atoms with Crippen LogP contribution >= 0.6 is 0 Å². The number of piperazine rings is 1. The predicted molar refractivity (Wildman–Crippen MR) is 122 cm³/mol. The molecule has 0 amide bonds. The molecule has 4 aromatic rings. The van der Waals surface area contributed by atoms with Gasteiger partial charge in [-0.15, -0.1) is 0 Å². The van der Waals surface area contributed by atoms with E-state index >= 15 is 0 Å². The van der Waals surface area contributed by atoms with Crippen LogP contribution in [0.2, 0.25) is 0 Å². The maximum Gasteiger partial charge on any atom is 0.188 e. The number of carbonyl (C=O) groups is 1. The van der Waals surface area contributed by atoms with Gasteiger partial charge in [0, 0.05) is 62.6 Å². The number of carbonyl (C=O) groups excluding carboxylic acids is 1. The SMILES string of the molecule is CN1CCN(c2cc(C(=O)Cc3ncc4ccc(-c5cnn(C)c5)cc4n3)ncn2)CC1. The van der Waals surface area contributed by atoms with Crippen LogP contribution in [-0.2, 0) is 13.5 Å². The molecule has 0 unspecified atom stereocenters. The van der Waals surface area contributed by atoms with Crippen molar-refractivity contribution in [3.8, 4) is 11.1 Å². The highest BCUT2D eigenvalue weighted by Crippen LogP contribution is 2.23. The average molecular weight is 429 g/mol. The Labute approximate surface area is 185 Å². The van der Waals surface area contributed by atoms with Crippen LogP contribution in [0.3, 0.4) is 0 Å². The summed E-state index contributed by atoms with van der Waals surface area (Å²) in [6.45, 7) is 3.71. The van der Waals surface area contributed by atoms with Crippen LogP contribution in [0.15, 0.2) is 49.2 Å². The number of Topliss-reactive ketones (excluding diaryl/α,β-unsaturated/α-hetero) is 1. The number of anilines is 1. The molecule has 32 heavy (non-hydrogen) atoms. The molecule has 1 aliphatic heterocycles. The molecule has 9 nitrogen and oxygen atoms in total.